The first-order valence-corrected chi connectivity index (χ1v) is 8.24. The van der Waals surface area contributed by atoms with Crippen LogP contribution in [0.1, 0.15) is 38.2 Å². The Balaban J connectivity index is 2.02. The van der Waals surface area contributed by atoms with Crippen molar-refractivity contribution < 1.29 is 13.5 Å². The molecule has 0 radical (unpaired) electrons. The fraction of sp³-hybridized carbons (Fsp3) is 0.571. The minimum Gasteiger partial charge on any atom is -0.389 e. The van der Waals surface area contributed by atoms with Gasteiger partial charge in [-0.05, 0) is 43.4 Å². The van der Waals surface area contributed by atoms with Gasteiger partial charge in [-0.25, -0.2) is 13.1 Å². The number of hydrogen-bond donors (Lipinski definition) is 2. The Hall–Kier alpha value is -0.910. The van der Waals surface area contributed by atoms with Crippen LogP contribution < -0.4 is 4.72 Å². The van der Waals surface area contributed by atoms with E-state index in [4.69, 9.17) is 0 Å². The molecule has 2 rings (SSSR count). The zero-order valence-corrected chi connectivity index (χ0v) is 12.0. The van der Waals surface area contributed by atoms with E-state index in [1.165, 1.54) is 0 Å². The molecule has 0 aromatic heterocycles. The smallest absolute Gasteiger partial charge is 0.240 e. The van der Waals surface area contributed by atoms with Crippen molar-refractivity contribution in [2.75, 3.05) is 6.54 Å². The highest BCUT2D eigenvalue weighted by Crippen LogP contribution is 2.31. The summed E-state index contributed by atoms with van der Waals surface area (Å²) in [5, 5.41) is 9.91. The topological polar surface area (TPSA) is 66.4 Å². The normalized spacial score (nSPS) is 18.0. The van der Waals surface area contributed by atoms with E-state index in [1.54, 1.807) is 12.1 Å². The maximum atomic E-state index is 12.1. The third-order valence-electron chi connectivity index (χ3n) is 3.65. The summed E-state index contributed by atoms with van der Waals surface area (Å²) in [6, 6.07) is 6.93. The van der Waals surface area contributed by atoms with E-state index in [2.05, 4.69) is 11.6 Å². The van der Waals surface area contributed by atoms with E-state index in [0.29, 0.717) is 12.8 Å². The van der Waals surface area contributed by atoms with Crippen LogP contribution in [0.2, 0.25) is 0 Å². The lowest BCUT2D eigenvalue weighted by molar-refractivity contribution is -0.0270. The number of hydrogen-bond acceptors (Lipinski definition) is 3. The van der Waals surface area contributed by atoms with Crippen LogP contribution >= 0.6 is 0 Å². The SMILES string of the molecule is CCCc1ccc(S(=O)(=O)NCC2(O)CCC2)cc1. The first-order valence-electron chi connectivity index (χ1n) is 6.76. The maximum absolute atomic E-state index is 12.1. The van der Waals surface area contributed by atoms with Crippen LogP contribution in [0.25, 0.3) is 0 Å². The van der Waals surface area contributed by atoms with Crippen LogP contribution in [0.3, 0.4) is 0 Å². The summed E-state index contributed by atoms with van der Waals surface area (Å²) in [6.45, 7) is 2.19. The second-order valence-corrected chi connectivity index (χ2v) is 7.06. The lowest BCUT2D eigenvalue weighted by atomic mass is 9.81. The first-order chi connectivity index (χ1) is 8.95. The number of aliphatic hydroxyl groups is 1. The maximum Gasteiger partial charge on any atom is 0.240 e. The van der Waals surface area contributed by atoms with Crippen LogP contribution in [-0.2, 0) is 16.4 Å². The van der Waals surface area contributed by atoms with Gasteiger partial charge >= 0.3 is 0 Å². The lowest BCUT2D eigenvalue weighted by Gasteiger charge is -2.36. The molecule has 1 saturated carbocycles. The van der Waals surface area contributed by atoms with Gasteiger partial charge in [0, 0.05) is 6.54 Å². The van der Waals surface area contributed by atoms with Crippen molar-refractivity contribution in [1.29, 1.82) is 0 Å². The van der Waals surface area contributed by atoms with E-state index < -0.39 is 15.6 Å². The van der Waals surface area contributed by atoms with Gasteiger partial charge in [-0.15, -0.1) is 0 Å². The second kappa shape index (κ2) is 5.61. The van der Waals surface area contributed by atoms with Crippen LogP contribution in [0.5, 0.6) is 0 Å². The van der Waals surface area contributed by atoms with E-state index in [0.717, 1.165) is 24.8 Å². The molecule has 1 fully saturated rings. The quantitative estimate of drug-likeness (QED) is 0.837. The molecule has 1 aromatic rings. The molecular weight excluding hydrogens is 262 g/mol. The molecule has 0 amide bonds. The van der Waals surface area contributed by atoms with Crippen molar-refractivity contribution in [2.24, 2.45) is 0 Å². The Kier molecular flexibility index (Phi) is 4.28. The van der Waals surface area contributed by atoms with Gasteiger partial charge in [0.25, 0.3) is 0 Å². The second-order valence-electron chi connectivity index (χ2n) is 5.30. The number of sulfonamides is 1. The van der Waals surface area contributed by atoms with Crippen LogP contribution in [0.15, 0.2) is 29.2 Å². The molecule has 0 bridgehead atoms. The van der Waals surface area contributed by atoms with E-state index in [9.17, 15) is 13.5 Å². The molecule has 0 atom stereocenters. The molecule has 1 aliphatic carbocycles. The Morgan fingerprint density at radius 3 is 2.37 bits per heavy atom. The van der Waals surface area contributed by atoms with Gasteiger partial charge in [-0.1, -0.05) is 25.5 Å². The summed E-state index contributed by atoms with van der Waals surface area (Å²) in [6.07, 6.45) is 4.30. The van der Waals surface area contributed by atoms with E-state index >= 15 is 0 Å². The van der Waals surface area contributed by atoms with Gasteiger partial charge in [0.2, 0.25) is 10.0 Å². The van der Waals surface area contributed by atoms with E-state index in [1.807, 2.05) is 12.1 Å². The zero-order valence-electron chi connectivity index (χ0n) is 11.2. The summed E-state index contributed by atoms with van der Waals surface area (Å²) >= 11 is 0. The van der Waals surface area contributed by atoms with Crippen molar-refractivity contribution >= 4 is 10.0 Å². The lowest BCUT2D eigenvalue weighted by Crippen LogP contribution is -2.47. The summed E-state index contributed by atoms with van der Waals surface area (Å²) in [4.78, 5) is 0.260. The number of benzene rings is 1. The van der Waals surface area contributed by atoms with Crippen LogP contribution in [-0.4, -0.2) is 25.7 Å². The molecule has 1 aliphatic rings. The van der Waals surface area contributed by atoms with Gasteiger partial charge in [-0.2, -0.15) is 0 Å². The number of nitrogens with one attached hydrogen (secondary N) is 1. The third kappa shape index (κ3) is 3.55. The van der Waals surface area contributed by atoms with Crippen LogP contribution in [0.4, 0.5) is 0 Å². The predicted octanol–water partition coefficient (Wildman–Crippen LogP) is 1.83. The van der Waals surface area contributed by atoms with Crippen molar-refractivity contribution in [1.82, 2.24) is 4.72 Å². The minimum atomic E-state index is -3.51. The standard InChI is InChI=1S/C14H21NO3S/c1-2-4-12-5-7-13(8-6-12)19(17,18)15-11-14(16)9-3-10-14/h5-8,15-16H,2-4,9-11H2,1H3. The van der Waals surface area contributed by atoms with Crippen molar-refractivity contribution in [3.8, 4) is 0 Å². The fourth-order valence-corrected chi connectivity index (χ4v) is 3.32. The third-order valence-corrected chi connectivity index (χ3v) is 5.06. The molecule has 0 aliphatic heterocycles. The highest BCUT2D eigenvalue weighted by atomic mass is 32.2. The summed E-state index contributed by atoms with van der Waals surface area (Å²) in [5.74, 6) is 0. The average molecular weight is 283 g/mol. The van der Waals surface area contributed by atoms with Gasteiger partial charge in [0.05, 0.1) is 10.5 Å². The van der Waals surface area contributed by atoms with Crippen molar-refractivity contribution in [3.63, 3.8) is 0 Å². The molecule has 19 heavy (non-hydrogen) atoms. The van der Waals surface area contributed by atoms with Gasteiger partial charge in [-0.3, -0.25) is 0 Å². The predicted molar refractivity (Wildman–Crippen MR) is 74.4 cm³/mol. The monoisotopic (exact) mass is 283 g/mol. The largest absolute Gasteiger partial charge is 0.389 e. The molecule has 106 valence electrons. The molecule has 0 heterocycles. The fourth-order valence-electron chi connectivity index (χ4n) is 2.20. The molecular formula is C14H21NO3S. The Labute approximate surface area is 114 Å². The summed E-state index contributed by atoms with van der Waals surface area (Å²) < 4.78 is 26.6. The van der Waals surface area contributed by atoms with Crippen molar-refractivity contribution in [3.05, 3.63) is 29.8 Å². The van der Waals surface area contributed by atoms with E-state index in [-0.39, 0.29) is 11.4 Å². The molecule has 4 nitrogen and oxygen atoms in total. The van der Waals surface area contributed by atoms with Gasteiger partial charge in [0.15, 0.2) is 0 Å². The molecule has 1 aromatic carbocycles. The highest BCUT2D eigenvalue weighted by Gasteiger charge is 2.35. The first kappa shape index (κ1) is 14.5. The molecule has 5 heteroatoms. The zero-order chi connectivity index (χ0) is 13.9. The molecule has 0 saturated heterocycles. The van der Waals surface area contributed by atoms with Gasteiger partial charge in [0.1, 0.15) is 0 Å². The van der Waals surface area contributed by atoms with Crippen LogP contribution in [0, 0.1) is 0 Å². The summed E-state index contributed by atoms with van der Waals surface area (Å²) in [7, 11) is -3.51. The van der Waals surface area contributed by atoms with Crippen molar-refractivity contribution in [2.45, 2.75) is 49.5 Å². The molecule has 2 N–H and O–H groups in total. The Morgan fingerprint density at radius 2 is 1.89 bits per heavy atom. The summed E-state index contributed by atoms with van der Waals surface area (Å²) in [5.41, 5.74) is 0.300. The molecule has 0 unspecified atom stereocenters. The number of aryl methyl sites for hydroxylation is 1. The average Bonchev–Trinajstić information content (AvgIpc) is 2.35. The highest BCUT2D eigenvalue weighted by molar-refractivity contribution is 7.89. The number of rotatable bonds is 6. The van der Waals surface area contributed by atoms with Gasteiger partial charge < -0.3 is 5.11 Å². The minimum absolute atomic E-state index is 0.103. The molecule has 0 spiro atoms. The Morgan fingerprint density at radius 1 is 1.26 bits per heavy atom. The Bertz CT molecular complexity index is 518.